The number of nitrogens with zero attached hydrogens (tertiary/aromatic N) is 1. The second-order valence-electron chi connectivity index (χ2n) is 14.6. The van der Waals surface area contributed by atoms with Crippen LogP contribution in [0.5, 0.6) is 11.5 Å². The average molecular weight is 685 g/mol. The number of hydrogen-bond donors (Lipinski definition) is 2. The Labute approximate surface area is 301 Å². The minimum absolute atomic E-state index is 0.0284. The van der Waals surface area contributed by atoms with Crippen molar-refractivity contribution < 1.29 is 24.2 Å². The number of amides is 2. The number of carboxylic acid groups (broad SMARTS) is 1. The molecule has 7 rings (SSSR count). The molecule has 51 heavy (non-hydrogen) atoms. The summed E-state index contributed by atoms with van der Waals surface area (Å²) in [4.78, 5) is 42.2. The number of aliphatic carboxylic acids is 1. The summed E-state index contributed by atoms with van der Waals surface area (Å²) in [7, 11) is 0. The van der Waals surface area contributed by atoms with E-state index in [1.807, 2.05) is 84.9 Å². The molecule has 2 aliphatic carbocycles. The summed E-state index contributed by atoms with van der Waals surface area (Å²) in [5.74, 6) is 0.826. The fraction of sp³-hybridized carbons (Fsp3) is 0.386. The molecule has 0 bridgehead atoms. The first kappa shape index (κ1) is 34.5. The molecule has 2 fully saturated rings. The lowest BCUT2D eigenvalue weighted by Crippen LogP contribution is -2.48. The second-order valence-corrected chi connectivity index (χ2v) is 14.6. The highest BCUT2D eigenvalue weighted by Crippen LogP contribution is 2.38. The van der Waals surface area contributed by atoms with Gasteiger partial charge in [0, 0.05) is 13.0 Å². The highest BCUT2D eigenvalue weighted by atomic mass is 16.5. The number of carboxylic acids is 1. The Kier molecular flexibility index (Phi) is 10.8. The first-order chi connectivity index (χ1) is 24.9. The van der Waals surface area contributed by atoms with Crippen molar-refractivity contribution in [2.45, 2.75) is 95.1 Å². The molecule has 2 amide bonds. The molecule has 2 atom stereocenters. The summed E-state index contributed by atoms with van der Waals surface area (Å²) in [6.07, 6.45) is 11.4. The molecule has 1 aliphatic heterocycles. The molecule has 2 saturated carbocycles. The molecule has 4 aromatic carbocycles. The molecule has 264 valence electrons. The zero-order chi connectivity index (χ0) is 35.2. The molecular formula is C44H48N2O5. The Bertz CT molecular complexity index is 1810. The van der Waals surface area contributed by atoms with Gasteiger partial charge >= 0.3 is 5.97 Å². The van der Waals surface area contributed by atoms with Gasteiger partial charge in [-0.3, -0.25) is 14.4 Å². The van der Waals surface area contributed by atoms with Gasteiger partial charge in [-0.2, -0.15) is 0 Å². The molecule has 2 unspecified atom stereocenters. The van der Waals surface area contributed by atoms with E-state index < -0.39 is 18.1 Å². The Morgan fingerprint density at radius 3 is 2.14 bits per heavy atom. The largest absolute Gasteiger partial charge is 0.481 e. The van der Waals surface area contributed by atoms with Crippen molar-refractivity contribution >= 4 is 17.8 Å². The molecule has 7 heteroatoms. The lowest BCUT2D eigenvalue weighted by molar-refractivity contribution is -0.143. The predicted octanol–water partition coefficient (Wildman–Crippen LogP) is 9.53. The monoisotopic (exact) mass is 684 g/mol. The number of fused-ring (bicyclic) bond motifs is 1. The third kappa shape index (κ3) is 8.36. The molecule has 1 heterocycles. The lowest BCUT2D eigenvalue weighted by atomic mass is 9.84. The molecule has 4 aromatic rings. The van der Waals surface area contributed by atoms with E-state index in [1.165, 1.54) is 37.7 Å². The summed E-state index contributed by atoms with van der Waals surface area (Å²) in [5, 5.41) is 13.0. The van der Waals surface area contributed by atoms with Gasteiger partial charge in [-0.1, -0.05) is 105 Å². The zero-order valence-corrected chi connectivity index (χ0v) is 29.3. The lowest BCUT2D eigenvalue weighted by Gasteiger charge is -2.38. The van der Waals surface area contributed by atoms with E-state index in [9.17, 15) is 19.5 Å². The van der Waals surface area contributed by atoms with Crippen LogP contribution in [0.2, 0.25) is 0 Å². The highest BCUT2D eigenvalue weighted by Gasteiger charge is 2.38. The topological polar surface area (TPSA) is 95.9 Å². The summed E-state index contributed by atoms with van der Waals surface area (Å²) in [6, 6.07) is 30.1. The molecule has 3 aliphatic rings. The third-order valence-corrected chi connectivity index (χ3v) is 11.2. The third-order valence-electron chi connectivity index (χ3n) is 11.2. The number of hydrogen-bond acceptors (Lipinski definition) is 4. The van der Waals surface area contributed by atoms with Crippen molar-refractivity contribution in [1.82, 2.24) is 10.2 Å². The van der Waals surface area contributed by atoms with Gasteiger partial charge in [0.25, 0.3) is 0 Å². The highest BCUT2D eigenvalue weighted by molar-refractivity contribution is 5.90. The minimum atomic E-state index is -1.02. The Morgan fingerprint density at radius 1 is 0.765 bits per heavy atom. The zero-order valence-electron chi connectivity index (χ0n) is 29.3. The van der Waals surface area contributed by atoms with Crippen LogP contribution in [-0.4, -0.2) is 34.3 Å². The molecule has 0 aromatic heterocycles. The van der Waals surface area contributed by atoms with Crippen LogP contribution in [0, 0.1) is 5.92 Å². The first-order valence-electron chi connectivity index (χ1n) is 18.8. The molecule has 2 N–H and O–H groups in total. The van der Waals surface area contributed by atoms with E-state index in [4.69, 9.17) is 4.74 Å². The number of carbonyl (C=O) groups excluding carboxylic acids is 2. The summed E-state index contributed by atoms with van der Waals surface area (Å²) in [5.41, 5.74) is 5.81. The maximum absolute atomic E-state index is 14.5. The number of carbonyl (C=O) groups is 3. The van der Waals surface area contributed by atoms with Crippen LogP contribution in [0.25, 0.3) is 11.1 Å². The van der Waals surface area contributed by atoms with E-state index in [2.05, 4.69) is 17.4 Å². The smallest absolute Gasteiger partial charge is 0.305 e. The number of ether oxygens (including phenoxy) is 1. The Morgan fingerprint density at radius 2 is 1.43 bits per heavy atom. The van der Waals surface area contributed by atoms with Crippen molar-refractivity contribution in [2.24, 2.45) is 5.92 Å². The van der Waals surface area contributed by atoms with E-state index in [1.54, 1.807) is 4.90 Å². The first-order valence-corrected chi connectivity index (χ1v) is 18.8. The maximum atomic E-state index is 14.5. The average Bonchev–Trinajstić information content (AvgIpc) is 3.68. The minimum Gasteiger partial charge on any atom is -0.481 e. The molecule has 0 saturated heterocycles. The number of nitrogens with one attached hydrogen (secondary N) is 1. The summed E-state index contributed by atoms with van der Waals surface area (Å²) in [6.45, 7) is 0.425. The van der Waals surface area contributed by atoms with E-state index >= 15 is 0 Å². The van der Waals surface area contributed by atoms with Gasteiger partial charge in [-0.25, -0.2) is 0 Å². The van der Waals surface area contributed by atoms with Gasteiger partial charge in [0.2, 0.25) is 11.8 Å². The molecule has 7 nitrogen and oxygen atoms in total. The van der Waals surface area contributed by atoms with Crippen LogP contribution in [-0.2, 0) is 20.8 Å². The van der Waals surface area contributed by atoms with Crippen molar-refractivity contribution in [1.29, 1.82) is 0 Å². The Hall–Kier alpha value is -4.91. The summed E-state index contributed by atoms with van der Waals surface area (Å²) < 4.78 is 6.36. The normalized spacial score (nSPS) is 18.5. The van der Waals surface area contributed by atoms with Gasteiger partial charge in [-0.05, 0) is 102 Å². The van der Waals surface area contributed by atoms with Crippen LogP contribution in [0.4, 0.5) is 0 Å². The van der Waals surface area contributed by atoms with Gasteiger partial charge in [0.05, 0.1) is 12.5 Å². The molecule has 0 spiro atoms. The number of benzene rings is 4. The van der Waals surface area contributed by atoms with Crippen LogP contribution in [0.3, 0.4) is 0 Å². The quantitative estimate of drug-likeness (QED) is 0.164. The van der Waals surface area contributed by atoms with Gasteiger partial charge in [0.1, 0.15) is 17.5 Å². The van der Waals surface area contributed by atoms with Crippen LogP contribution >= 0.6 is 0 Å². The molecule has 0 radical (unpaired) electrons. The standard InChI is InChI=1S/C44H48N2O5/c47-41(27-30-9-7-8-10-30)46-26-25-35-21-24-38(51-37-22-19-34(20-23-37)32-13-5-2-6-14-32)28-39(35)43(46)44(50)45-40(29-42(48)49)36-17-15-33(16-18-36)31-11-3-1-4-12-31/h1,3-4,11-12,15-24,28,30,32,40,43H,2,5-10,13-14,25-27,29H2,(H,45,50)(H,48,49). The fourth-order valence-electron chi connectivity index (χ4n) is 8.38. The van der Waals surface area contributed by atoms with E-state index in [0.29, 0.717) is 42.5 Å². The van der Waals surface area contributed by atoms with Crippen molar-refractivity contribution in [3.63, 3.8) is 0 Å². The Balaban J connectivity index is 1.16. The van der Waals surface area contributed by atoms with Crippen molar-refractivity contribution in [2.75, 3.05) is 6.54 Å². The van der Waals surface area contributed by atoms with Crippen LogP contribution in [0.1, 0.15) is 111 Å². The van der Waals surface area contributed by atoms with Crippen molar-refractivity contribution in [3.8, 4) is 22.6 Å². The maximum Gasteiger partial charge on any atom is 0.305 e. The van der Waals surface area contributed by atoms with Crippen molar-refractivity contribution in [3.05, 3.63) is 119 Å². The predicted molar refractivity (Wildman–Crippen MR) is 199 cm³/mol. The SMILES string of the molecule is O=C(O)CC(NC(=O)C1c2cc(Oc3ccc(C4CCCCC4)cc3)ccc2CCN1C(=O)CC1CCCC1)c1ccc(-c2ccccc2)cc1. The van der Waals surface area contributed by atoms with Crippen LogP contribution < -0.4 is 10.1 Å². The van der Waals surface area contributed by atoms with Gasteiger partial charge < -0.3 is 20.1 Å². The summed E-state index contributed by atoms with van der Waals surface area (Å²) >= 11 is 0. The van der Waals surface area contributed by atoms with E-state index in [0.717, 1.165) is 53.7 Å². The second kappa shape index (κ2) is 16.0. The fourth-order valence-corrected chi connectivity index (χ4v) is 8.38. The van der Waals surface area contributed by atoms with E-state index in [-0.39, 0.29) is 18.2 Å². The van der Waals surface area contributed by atoms with Gasteiger partial charge in [0.15, 0.2) is 0 Å². The molecular weight excluding hydrogens is 636 g/mol. The van der Waals surface area contributed by atoms with Crippen LogP contribution in [0.15, 0.2) is 97.1 Å². The van der Waals surface area contributed by atoms with Gasteiger partial charge in [-0.15, -0.1) is 0 Å². The number of rotatable bonds is 11.